The molecule has 39 heavy (non-hydrogen) atoms. The molecule has 2 N–H and O–H groups in total. The molecule has 0 aliphatic carbocycles. The quantitative estimate of drug-likeness (QED) is 0.187. The number of hydrogen-bond acceptors (Lipinski definition) is 5. The number of esters is 2. The van der Waals surface area contributed by atoms with Gasteiger partial charge in [-0.05, 0) is 68.1 Å². The van der Waals surface area contributed by atoms with Crippen molar-refractivity contribution in [3.05, 3.63) is 132 Å². The molecule has 0 fully saturated rings. The molecule has 0 radical (unpaired) electrons. The van der Waals surface area contributed by atoms with Gasteiger partial charge in [0.1, 0.15) is 11.5 Å². The number of rotatable bonds is 4. The van der Waals surface area contributed by atoms with Crippen LogP contribution in [0.2, 0.25) is 0 Å². The molecule has 0 unspecified atom stereocenters. The van der Waals surface area contributed by atoms with Crippen molar-refractivity contribution >= 4 is 33.5 Å². The Balaban J connectivity index is 1.48. The van der Waals surface area contributed by atoms with E-state index in [0.717, 1.165) is 10.8 Å². The molecule has 0 aromatic heterocycles. The second-order valence-corrected chi connectivity index (χ2v) is 9.19. The van der Waals surface area contributed by atoms with Crippen molar-refractivity contribution in [1.29, 1.82) is 0 Å². The Bertz CT molecular complexity index is 1730. The van der Waals surface area contributed by atoms with Crippen LogP contribution in [0.25, 0.3) is 43.8 Å². The molecule has 188 valence electrons. The molecule has 0 aliphatic rings. The van der Waals surface area contributed by atoms with Gasteiger partial charge in [0, 0.05) is 0 Å². The molecule has 0 heterocycles. The van der Waals surface area contributed by atoms with Gasteiger partial charge in [-0.25, -0.2) is 9.59 Å². The van der Waals surface area contributed by atoms with Crippen LogP contribution in [0.15, 0.2) is 121 Å². The molecule has 6 aromatic carbocycles. The summed E-state index contributed by atoms with van der Waals surface area (Å²) in [6.45, 7) is 0. The van der Waals surface area contributed by atoms with E-state index in [1.807, 2.05) is 72.8 Å². The van der Waals surface area contributed by atoms with E-state index in [9.17, 15) is 19.8 Å². The predicted molar refractivity (Wildman–Crippen MR) is 152 cm³/mol. The minimum Gasteiger partial charge on any atom is -0.508 e. The Hall–Kier alpha value is -5.42. The number of phenols is 2. The lowest BCUT2D eigenvalue weighted by atomic mass is 9.93. The number of ether oxygens (including phenoxy) is 1. The topological polar surface area (TPSA) is 83.8 Å². The highest BCUT2D eigenvalue weighted by Gasteiger charge is 2.25. The Kier molecular flexibility index (Phi) is 6.02. The summed E-state index contributed by atoms with van der Waals surface area (Å²) in [5.74, 6) is -1.33. The van der Waals surface area contributed by atoms with Crippen molar-refractivity contribution in [1.82, 2.24) is 0 Å². The fourth-order valence-corrected chi connectivity index (χ4v) is 4.93. The molecule has 6 aromatic rings. The van der Waals surface area contributed by atoms with Crippen molar-refractivity contribution in [3.63, 3.8) is 0 Å². The lowest BCUT2D eigenvalue weighted by Gasteiger charge is -2.15. The van der Waals surface area contributed by atoms with Gasteiger partial charge in [0.15, 0.2) is 0 Å². The van der Waals surface area contributed by atoms with E-state index < -0.39 is 11.9 Å². The van der Waals surface area contributed by atoms with E-state index in [2.05, 4.69) is 0 Å². The first kappa shape index (κ1) is 23.9. The second kappa shape index (κ2) is 9.80. The number of fused-ring (bicyclic) bond motifs is 2. The summed E-state index contributed by atoms with van der Waals surface area (Å²) in [5, 5.41) is 22.5. The van der Waals surface area contributed by atoms with Gasteiger partial charge in [-0.3, -0.25) is 0 Å². The molecule has 0 amide bonds. The molecule has 0 aliphatic heterocycles. The maximum Gasteiger partial charge on any atom is 0.347 e. The van der Waals surface area contributed by atoms with Crippen LogP contribution in [-0.2, 0) is 4.74 Å². The van der Waals surface area contributed by atoms with Crippen LogP contribution in [0.3, 0.4) is 0 Å². The van der Waals surface area contributed by atoms with Crippen LogP contribution in [0.5, 0.6) is 11.5 Å². The number of aromatic hydroxyl groups is 2. The Morgan fingerprint density at radius 1 is 0.462 bits per heavy atom. The number of phenolic OH excluding ortho intramolecular Hbond substituents is 2. The predicted octanol–water partition coefficient (Wildman–Crippen LogP) is 7.74. The van der Waals surface area contributed by atoms with Gasteiger partial charge in [0.05, 0.1) is 11.1 Å². The minimum atomic E-state index is -0.774. The number of carbonyl (C=O) groups is 2. The zero-order chi connectivity index (χ0) is 26.9. The highest BCUT2D eigenvalue weighted by atomic mass is 16.6. The van der Waals surface area contributed by atoms with Crippen LogP contribution in [0.1, 0.15) is 20.7 Å². The van der Waals surface area contributed by atoms with Crippen LogP contribution in [0, 0.1) is 0 Å². The zero-order valence-corrected chi connectivity index (χ0v) is 20.7. The molecule has 5 heteroatoms. The summed E-state index contributed by atoms with van der Waals surface area (Å²) in [6, 6.07) is 35.3. The third kappa shape index (κ3) is 4.47. The summed E-state index contributed by atoms with van der Waals surface area (Å²) in [7, 11) is 0. The minimum absolute atomic E-state index is 0.108. The van der Waals surface area contributed by atoms with Crippen LogP contribution >= 0.6 is 0 Å². The van der Waals surface area contributed by atoms with Crippen molar-refractivity contribution in [2.75, 3.05) is 0 Å². The lowest BCUT2D eigenvalue weighted by Crippen LogP contribution is -2.15. The SMILES string of the molecule is O=C(OC(=O)c1c(-c2ccc(O)cc2)ccc2ccccc12)c1c(-c2ccc(O)cc2)ccc2ccccc12. The molecule has 6 rings (SSSR count). The average Bonchev–Trinajstić information content (AvgIpc) is 2.96. The second-order valence-electron chi connectivity index (χ2n) is 9.19. The first-order valence-electron chi connectivity index (χ1n) is 12.4. The maximum atomic E-state index is 13.8. The smallest absolute Gasteiger partial charge is 0.347 e. The van der Waals surface area contributed by atoms with Crippen molar-refractivity contribution in [2.45, 2.75) is 0 Å². The van der Waals surface area contributed by atoms with Crippen molar-refractivity contribution < 1.29 is 24.5 Å². The Morgan fingerprint density at radius 3 is 1.26 bits per heavy atom. The molecule has 0 saturated carbocycles. The number of hydrogen-bond donors (Lipinski definition) is 2. The van der Waals surface area contributed by atoms with E-state index in [1.165, 1.54) is 0 Å². The average molecular weight is 511 g/mol. The van der Waals surface area contributed by atoms with E-state index in [4.69, 9.17) is 4.74 Å². The van der Waals surface area contributed by atoms with Crippen LogP contribution in [0.4, 0.5) is 0 Å². The van der Waals surface area contributed by atoms with Gasteiger partial charge in [0.25, 0.3) is 0 Å². The molecular weight excluding hydrogens is 488 g/mol. The van der Waals surface area contributed by atoms with Gasteiger partial charge in [-0.1, -0.05) is 97.1 Å². The van der Waals surface area contributed by atoms with E-state index in [1.54, 1.807) is 48.5 Å². The first-order valence-corrected chi connectivity index (χ1v) is 12.4. The molecular formula is C34H22O5. The summed E-state index contributed by atoms with van der Waals surface area (Å²) in [4.78, 5) is 27.6. The van der Waals surface area contributed by atoms with Crippen LogP contribution in [-0.4, -0.2) is 22.2 Å². The fourth-order valence-electron chi connectivity index (χ4n) is 4.93. The summed E-state index contributed by atoms with van der Waals surface area (Å²) in [5.41, 5.74) is 3.10. The molecule has 5 nitrogen and oxygen atoms in total. The van der Waals surface area contributed by atoms with Crippen LogP contribution < -0.4 is 0 Å². The van der Waals surface area contributed by atoms with Gasteiger partial charge in [-0.2, -0.15) is 0 Å². The molecule has 0 bridgehead atoms. The molecule has 0 spiro atoms. The van der Waals surface area contributed by atoms with E-state index in [-0.39, 0.29) is 22.6 Å². The summed E-state index contributed by atoms with van der Waals surface area (Å²) >= 11 is 0. The first-order chi connectivity index (χ1) is 19.0. The van der Waals surface area contributed by atoms with Gasteiger partial charge in [-0.15, -0.1) is 0 Å². The number of carbonyl (C=O) groups excluding carboxylic acids is 2. The Labute approximate surface area is 224 Å². The van der Waals surface area contributed by atoms with Crippen molar-refractivity contribution in [3.8, 4) is 33.8 Å². The van der Waals surface area contributed by atoms with E-state index in [0.29, 0.717) is 33.0 Å². The van der Waals surface area contributed by atoms with Gasteiger partial charge < -0.3 is 14.9 Å². The maximum absolute atomic E-state index is 13.8. The standard InChI is InChI=1S/C34H22O5/c35-25-15-9-23(10-16-25)29-19-13-21-5-1-3-7-27(21)31(29)33(37)39-34(38)32-28-8-4-2-6-22(28)14-20-30(32)24-11-17-26(36)18-12-24/h1-20,35-36H. The Morgan fingerprint density at radius 2 is 0.846 bits per heavy atom. The highest BCUT2D eigenvalue weighted by molar-refractivity contribution is 6.17. The largest absolute Gasteiger partial charge is 0.508 e. The third-order valence-corrected chi connectivity index (χ3v) is 6.81. The number of benzene rings is 6. The zero-order valence-electron chi connectivity index (χ0n) is 20.7. The normalized spacial score (nSPS) is 11.0. The monoisotopic (exact) mass is 510 g/mol. The lowest BCUT2D eigenvalue weighted by molar-refractivity contribution is 0.0402. The van der Waals surface area contributed by atoms with Gasteiger partial charge in [0.2, 0.25) is 0 Å². The third-order valence-electron chi connectivity index (χ3n) is 6.81. The van der Waals surface area contributed by atoms with Crippen molar-refractivity contribution in [2.24, 2.45) is 0 Å². The summed E-state index contributed by atoms with van der Waals surface area (Å²) < 4.78 is 5.63. The highest BCUT2D eigenvalue weighted by Crippen LogP contribution is 2.35. The van der Waals surface area contributed by atoms with Gasteiger partial charge >= 0.3 is 11.9 Å². The van der Waals surface area contributed by atoms with E-state index >= 15 is 0 Å². The fraction of sp³-hybridized carbons (Fsp3) is 0. The summed E-state index contributed by atoms with van der Waals surface area (Å²) in [6.07, 6.45) is 0. The molecule has 0 saturated heterocycles. The molecule has 0 atom stereocenters.